The first-order valence-electron chi connectivity index (χ1n) is 15.8. The Labute approximate surface area is 232 Å². The SMILES string of the molecule is CCCCCCCCCCCCc1cnc(-c2ccc(OC(=O)[C@H]3CC[C@H](CCCCC)CC3)cc2)nc1. The van der Waals surface area contributed by atoms with Crippen LogP contribution in [0.4, 0.5) is 0 Å². The van der Waals surface area contributed by atoms with E-state index < -0.39 is 0 Å². The van der Waals surface area contributed by atoms with Gasteiger partial charge in [0.15, 0.2) is 5.82 Å². The number of carbonyl (C=O) groups is 1. The van der Waals surface area contributed by atoms with Gasteiger partial charge in [-0.05, 0) is 74.3 Å². The fraction of sp³-hybridized carbons (Fsp3) is 0.676. The second kappa shape index (κ2) is 18.1. The van der Waals surface area contributed by atoms with Gasteiger partial charge < -0.3 is 4.74 Å². The molecule has 4 heteroatoms. The Morgan fingerprint density at radius 1 is 0.737 bits per heavy atom. The molecule has 0 aliphatic heterocycles. The average Bonchev–Trinajstić information content (AvgIpc) is 2.95. The molecule has 0 saturated heterocycles. The van der Waals surface area contributed by atoms with Crippen molar-refractivity contribution in [3.8, 4) is 17.1 Å². The largest absolute Gasteiger partial charge is 0.426 e. The third kappa shape index (κ3) is 11.3. The maximum absolute atomic E-state index is 12.7. The van der Waals surface area contributed by atoms with Crippen LogP contribution in [0.3, 0.4) is 0 Å². The first kappa shape index (κ1) is 30.3. The molecule has 0 amide bonds. The van der Waals surface area contributed by atoms with Gasteiger partial charge in [-0.25, -0.2) is 9.97 Å². The van der Waals surface area contributed by atoms with E-state index in [2.05, 4.69) is 23.8 Å². The number of aryl methyl sites for hydroxylation is 1. The minimum absolute atomic E-state index is 0.0449. The maximum Gasteiger partial charge on any atom is 0.314 e. The first-order chi connectivity index (χ1) is 18.7. The summed E-state index contributed by atoms with van der Waals surface area (Å²) in [5.74, 6) is 2.10. The minimum Gasteiger partial charge on any atom is -0.426 e. The topological polar surface area (TPSA) is 52.1 Å². The van der Waals surface area contributed by atoms with Gasteiger partial charge in [-0.3, -0.25) is 4.79 Å². The van der Waals surface area contributed by atoms with Crippen LogP contribution in [-0.4, -0.2) is 15.9 Å². The molecule has 1 aromatic heterocycles. The van der Waals surface area contributed by atoms with Gasteiger partial charge in [-0.2, -0.15) is 0 Å². The van der Waals surface area contributed by atoms with E-state index in [1.165, 1.54) is 95.5 Å². The van der Waals surface area contributed by atoms with Crippen LogP contribution in [0.5, 0.6) is 5.75 Å². The van der Waals surface area contributed by atoms with Crippen LogP contribution < -0.4 is 4.74 Å². The molecule has 4 nitrogen and oxygen atoms in total. The van der Waals surface area contributed by atoms with Crippen molar-refractivity contribution in [2.45, 2.75) is 136 Å². The Hall–Kier alpha value is -2.23. The zero-order chi connectivity index (χ0) is 26.8. The quantitative estimate of drug-likeness (QED) is 0.111. The molecular weight excluding hydrogens is 468 g/mol. The van der Waals surface area contributed by atoms with Crippen molar-refractivity contribution in [2.75, 3.05) is 0 Å². The fourth-order valence-electron chi connectivity index (χ4n) is 5.69. The smallest absolute Gasteiger partial charge is 0.314 e. The Kier molecular flexibility index (Phi) is 14.5. The van der Waals surface area contributed by atoms with E-state index in [4.69, 9.17) is 4.74 Å². The van der Waals surface area contributed by atoms with Crippen molar-refractivity contribution in [3.05, 3.63) is 42.2 Å². The molecule has 1 aliphatic rings. The van der Waals surface area contributed by atoms with Crippen LogP contribution in [0.25, 0.3) is 11.4 Å². The summed E-state index contributed by atoms with van der Waals surface area (Å²) in [6, 6.07) is 7.63. The average molecular weight is 521 g/mol. The number of aromatic nitrogens is 2. The summed E-state index contributed by atoms with van der Waals surface area (Å²) in [4.78, 5) is 21.9. The van der Waals surface area contributed by atoms with E-state index in [0.717, 1.165) is 49.4 Å². The highest BCUT2D eigenvalue weighted by molar-refractivity contribution is 5.75. The van der Waals surface area contributed by atoms with Crippen molar-refractivity contribution in [2.24, 2.45) is 11.8 Å². The van der Waals surface area contributed by atoms with Gasteiger partial charge in [0.2, 0.25) is 0 Å². The third-order valence-electron chi connectivity index (χ3n) is 8.25. The standard InChI is InChI=1S/C34H52N2O2/c1-3-5-7-8-9-10-11-12-13-15-17-29-26-35-33(36-27-29)30-22-24-32(25-23-30)38-34(37)31-20-18-28(19-21-31)16-14-6-4-2/h22-28,31H,3-21H2,1-2H3/t28-,31-. The molecule has 1 aromatic carbocycles. The number of carbonyl (C=O) groups excluding carboxylic acids is 1. The number of nitrogens with zero attached hydrogens (tertiary/aromatic N) is 2. The summed E-state index contributed by atoms with van der Waals surface area (Å²) < 4.78 is 5.72. The van der Waals surface area contributed by atoms with E-state index in [-0.39, 0.29) is 11.9 Å². The predicted molar refractivity (Wildman–Crippen MR) is 158 cm³/mol. The highest BCUT2D eigenvalue weighted by Crippen LogP contribution is 2.33. The molecule has 1 aliphatic carbocycles. The molecular formula is C34H52N2O2. The number of hydrogen-bond acceptors (Lipinski definition) is 4. The van der Waals surface area contributed by atoms with Gasteiger partial charge in [-0.15, -0.1) is 0 Å². The van der Waals surface area contributed by atoms with Crippen molar-refractivity contribution in [1.82, 2.24) is 9.97 Å². The Bertz CT molecular complexity index is 886. The normalized spacial score (nSPS) is 17.4. The van der Waals surface area contributed by atoms with Crippen LogP contribution >= 0.6 is 0 Å². The molecule has 0 N–H and O–H groups in total. The second-order valence-electron chi connectivity index (χ2n) is 11.5. The van der Waals surface area contributed by atoms with Crippen LogP contribution in [-0.2, 0) is 11.2 Å². The molecule has 3 rings (SSSR count). The molecule has 0 radical (unpaired) electrons. The van der Waals surface area contributed by atoms with E-state index in [9.17, 15) is 4.79 Å². The molecule has 0 bridgehead atoms. The molecule has 2 aromatic rings. The summed E-state index contributed by atoms with van der Waals surface area (Å²) in [6.07, 6.45) is 28.0. The highest BCUT2D eigenvalue weighted by atomic mass is 16.5. The number of esters is 1. The number of benzene rings is 1. The molecule has 38 heavy (non-hydrogen) atoms. The summed E-state index contributed by atoms with van der Waals surface area (Å²) in [7, 11) is 0. The number of unbranched alkanes of at least 4 members (excludes halogenated alkanes) is 11. The lowest BCUT2D eigenvalue weighted by Gasteiger charge is -2.27. The van der Waals surface area contributed by atoms with E-state index >= 15 is 0 Å². The minimum atomic E-state index is -0.0719. The summed E-state index contributed by atoms with van der Waals surface area (Å²) >= 11 is 0. The third-order valence-corrected chi connectivity index (χ3v) is 8.25. The van der Waals surface area contributed by atoms with Crippen LogP contribution in [0, 0.1) is 11.8 Å². The molecule has 210 valence electrons. The zero-order valence-electron chi connectivity index (χ0n) is 24.3. The number of ether oxygens (including phenoxy) is 1. The highest BCUT2D eigenvalue weighted by Gasteiger charge is 2.27. The Morgan fingerprint density at radius 2 is 1.29 bits per heavy atom. The van der Waals surface area contributed by atoms with Crippen molar-refractivity contribution < 1.29 is 9.53 Å². The van der Waals surface area contributed by atoms with Gasteiger partial charge in [0.05, 0.1) is 5.92 Å². The molecule has 0 spiro atoms. The molecule has 0 atom stereocenters. The summed E-state index contributed by atoms with van der Waals surface area (Å²) in [6.45, 7) is 4.53. The second-order valence-corrected chi connectivity index (χ2v) is 11.5. The van der Waals surface area contributed by atoms with E-state index in [1.54, 1.807) is 0 Å². The first-order valence-corrected chi connectivity index (χ1v) is 15.8. The lowest BCUT2D eigenvalue weighted by molar-refractivity contribution is -0.140. The van der Waals surface area contributed by atoms with Crippen LogP contribution in [0.1, 0.15) is 135 Å². The van der Waals surface area contributed by atoms with E-state index in [0.29, 0.717) is 5.75 Å². The van der Waals surface area contributed by atoms with Crippen LogP contribution in [0.2, 0.25) is 0 Å². The van der Waals surface area contributed by atoms with Gasteiger partial charge in [-0.1, -0.05) is 97.3 Å². The molecule has 1 heterocycles. The van der Waals surface area contributed by atoms with Crippen molar-refractivity contribution in [1.29, 1.82) is 0 Å². The van der Waals surface area contributed by atoms with Gasteiger partial charge in [0.25, 0.3) is 0 Å². The zero-order valence-corrected chi connectivity index (χ0v) is 24.3. The predicted octanol–water partition coefficient (Wildman–Crippen LogP) is 9.90. The lowest BCUT2D eigenvalue weighted by Crippen LogP contribution is -2.25. The molecule has 1 saturated carbocycles. The number of rotatable bonds is 18. The van der Waals surface area contributed by atoms with Gasteiger partial charge in [0.1, 0.15) is 5.75 Å². The Morgan fingerprint density at radius 3 is 1.89 bits per heavy atom. The molecule has 1 fully saturated rings. The molecule has 0 unspecified atom stereocenters. The monoisotopic (exact) mass is 520 g/mol. The van der Waals surface area contributed by atoms with Gasteiger partial charge >= 0.3 is 5.97 Å². The maximum atomic E-state index is 12.7. The Balaban J connectivity index is 1.32. The number of hydrogen-bond donors (Lipinski definition) is 0. The van der Waals surface area contributed by atoms with E-state index in [1.807, 2.05) is 36.7 Å². The van der Waals surface area contributed by atoms with Crippen molar-refractivity contribution >= 4 is 5.97 Å². The summed E-state index contributed by atoms with van der Waals surface area (Å²) in [5, 5.41) is 0. The van der Waals surface area contributed by atoms with Gasteiger partial charge in [0, 0.05) is 18.0 Å². The van der Waals surface area contributed by atoms with Crippen LogP contribution in [0.15, 0.2) is 36.7 Å². The van der Waals surface area contributed by atoms with Crippen molar-refractivity contribution in [3.63, 3.8) is 0 Å². The lowest BCUT2D eigenvalue weighted by atomic mass is 9.80. The summed E-state index contributed by atoms with van der Waals surface area (Å²) in [5.41, 5.74) is 2.15. The fourth-order valence-corrected chi connectivity index (χ4v) is 5.69.